The number of likely N-dealkylation sites (tertiary alicyclic amines) is 1. The Morgan fingerprint density at radius 3 is 2.82 bits per heavy atom. The zero-order chi connectivity index (χ0) is 19.3. The number of rotatable bonds is 4. The van der Waals surface area contributed by atoms with Crippen LogP contribution in [-0.2, 0) is 13.6 Å². The standard InChI is InChI=1S/C20H24N6O2/c1-23-17(8-10-22-23)19(27)24-11-3-4-15(13-24)26-18-16(5-2-9-21-18)25(20(26)28)12-14-6-7-14/h2,5,8-10,14-15H,3-4,6-7,11-13H2,1H3/t15-/m0/s1. The first-order valence-corrected chi connectivity index (χ1v) is 9.96. The van der Waals surface area contributed by atoms with E-state index in [1.165, 1.54) is 12.8 Å². The van der Waals surface area contributed by atoms with E-state index in [-0.39, 0.29) is 17.6 Å². The third kappa shape index (κ3) is 2.83. The predicted molar refractivity (Wildman–Crippen MR) is 104 cm³/mol. The van der Waals surface area contributed by atoms with E-state index >= 15 is 0 Å². The lowest BCUT2D eigenvalue weighted by atomic mass is 10.0. The molecule has 2 aliphatic rings. The van der Waals surface area contributed by atoms with Crippen molar-refractivity contribution in [1.29, 1.82) is 0 Å². The molecule has 146 valence electrons. The summed E-state index contributed by atoms with van der Waals surface area (Å²) in [7, 11) is 1.77. The average molecular weight is 380 g/mol. The van der Waals surface area contributed by atoms with Gasteiger partial charge in [0.25, 0.3) is 5.91 Å². The Morgan fingerprint density at radius 1 is 1.21 bits per heavy atom. The van der Waals surface area contributed by atoms with Crippen LogP contribution in [0, 0.1) is 5.92 Å². The summed E-state index contributed by atoms with van der Waals surface area (Å²) in [5.41, 5.74) is 2.20. The first kappa shape index (κ1) is 17.2. The van der Waals surface area contributed by atoms with E-state index in [1.54, 1.807) is 30.2 Å². The molecule has 8 heteroatoms. The van der Waals surface area contributed by atoms with Gasteiger partial charge in [-0.2, -0.15) is 5.10 Å². The normalized spacial score (nSPS) is 20.0. The van der Waals surface area contributed by atoms with Crippen molar-refractivity contribution in [1.82, 2.24) is 28.8 Å². The van der Waals surface area contributed by atoms with Gasteiger partial charge in [0.15, 0.2) is 5.65 Å². The number of amides is 1. The van der Waals surface area contributed by atoms with Crippen molar-refractivity contribution in [3.05, 3.63) is 46.8 Å². The number of nitrogens with zero attached hydrogens (tertiary/aromatic N) is 6. The lowest BCUT2D eigenvalue weighted by Gasteiger charge is -2.33. The molecule has 0 spiro atoms. The highest BCUT2D eigenvalue weighted by molar-refractivity contribution is 5.92. The Hall–Kier alpha value is -2.90. The number of fused-ring (bicyclic) bond motifs is 1. The van der Waals surface area contributed by atoms with E-state index in [4.69, 9.17) is 0 Å². The van der Waals surface area contributed by atoms with Crippen LogP contribution in [0.2, 0.25) is 0 Å². The van der Waals surface area contributed by atoms with Crippen molar-refractivity contribution >= 4 is 17.1 Å². The SMILES string of the molecule is Cn1nccc1C(=O)N1CCC[C@H](n2c(=O)n(CC3CC3)c3cccnc32)C1. The van der Waals surface area contributed by atoms with Gasteiger partial charge in [-0.05, 0) is 49.8 Å². The highest BCUT2D eigenvalue weighted by Crippen LogP contribution is 2.32. The molecule has 0 bridgehead atoms. The van der Waals surface area contributed by atoms with Crippen LogP contribution in [0.4, 0.5) is 0 Å². The second kappa shape index (κ2) is 6.61. The van der Waals surface area contributed by atoms with Crippen molar-refractivity contribution in [2.75, 3.05) is 13.1 Å². The number of carbonyl (C=O) groups is 1. The summed E-state index contributed by atoms with van der Waals surface area (Å²) in [5, 5.41) is 4.10. The van der Waals surface area contributed by atoms with Crippen molar-refractivity contribution in [2.24, 2.45) is 13.0 Å². The van der Waals surface area contributed by atoms with Gasteiger partial charge in [0.2, 0.25) is 0 Å². The van der Waals surface area contributed by atoms with E-state index in [0.29, 0.717) is 24.7 Å². The van der Waals surface area contributed by atoms with Gasteiger partial charge in [0.05, 0.1) is 11.6 Å². The quantitative estimate of drug-likeness (QED) is 0.692. The fourth-order valence-electron chi connectivity index (χ4n) is 4.27. The number of imidazole rings is 1. The van der Waals surface area contributed by atoms with Gasteiger partial charge in [-0.15, -0.1) is 0 Å². The monoisotopic (exact) mass is 380 g/mol. The lowest BCUT2D eigenvalue weighted by Crippen LogP contribution is -2.43. The number of aromatic nitrogens is 5. The van der Waals surface area contributed by atoms with Crippen molar-refractivity contribution in [3.63, 3.8) is 0 Å². The summed E-state index contributed by atoms with van der Waals surface area (Å²) in [4.78, 5) is 32.6. The molecule has 28 heavy (non-hydrogen) atoms. The summed E-state index contributed by atoms with van der Waals surface area (Å²) >= 11 is 0. The van der Waals surface area contributed by atoms with Gasteiger partial charge < -0.3 is 4.90 Å². The second-order valence-corrected chi connectivity index (χ2v) is 7.94. The number of hydrogen-bond acceptors (Lipinski definition) is 4. The fraction of sp³-hybridized carbons (Fsp3) is 0.500. The molecular formula is C20H24N6O2. The maximum absolute atomic E-state index is 13.3. The Bertz CT molecular complexity index is 1090. The minimum atomic E-state index is -0.0590. The van der Waals surface area contributed by atoms with Gasteiger partial charge in [-0.1, -0.05) is 0 Å². The van der Waals surface area contributed by atoms with Crippen LogP contribution in [0.5, 0.6) is 0 Å². The average Bonchev–Trinajstić information content (AvgIpc) is 3.37. The van der Waals surface area contributed by atoms with Crippen LogP contribution in [0.1, 0.15) is 42.2 Å². The number of piperidine rings is 1. The minimum absolute atomic E-state index is 0.000400. The number of carbonyl (C=O) groups excluding carboxylic acids is 1. The van der Waals surface area contributed by atoms with Crippen LogP contribution in [-0.4, -0.2) is 47.8 Å². The Morgan fingerprint density at radius 2 is 2.07 bits per heavy atom. The summed E-state index contributed by atoms with van der Waals surface area (Å²) in [6.07, 6.45) is 7.48. The summed E-state index contributed by atoms with van der Waals surface area (Å²) in [6, 6.07) is 5.54. The summed E-state index contributed by atoms with van der Waals surface area (Å²) < 4.78 is 5.30. The molecule has 0 unspecified atom stereocenters. The van der Waals surface area contributed by atoms with Crippen LogP contribution < -0.4 is 5.69 Å². The predicted octanol–water partition coefficient (Wildman–Crippen LogP) is 1.82. The number of aryl methyl sites for hydroxylation is 1. The van der Waals surface area contributed by atoms with E-state index in [0.717, 1.165) is 30.6 Å². The fourth-order valence-corrected chi connectivity index (χ4v) is 4.27. The van der Waals surface area contributed by atoms with Crippen LogP contribution in [0.3, 0.4) is 0 Å². The Balaban J connectivity index is 1.49. The molecule has 3 aromatic rings. The first-order valence-electron chi connectivity index (χ1n) is 9.96. The third-order valence-electron chi connectivity index (χ3n) is 5.95. The Labute approximate surface area is 162 Å². The molecule has 0 aromatic carbocycles. The lowest BCUT2D eigenvalue weighted by molar-refractivity contribution is 0.0668. The summed E-state index contributed by atoms with van der Waals surface area (Å²) in [6.45, 7) is 1.98. The number of pyridine rings is 1. The van der Waals surface area contributed by atoms with Crippen molar-refractivity contribution < 1.29 is 4.79 Å². The van der Waals surface area contributed by atoms with Gasteiger partial charge >= 0.3 is 5.69 Å². The molecule has 0 N–H and O–H groups in total. The van der Waals surface area contributed by atoms with Crippen LogP contribution in [0.25, 0.3) is 11.2 Å². The minimum Gasteiger partial charge on any atom is -0.335 e. The molecule has 2 fully saturated rings. The van der Waals surface area contributed by atoms with Crippen LogP contribution in [0.15, 0.2) is 35.4 Å². The largest absolute Gasteiger partial charge is 0.335 e. The molecule has 3 aromatic heterocycles. The van der Waals surface area contributed by atoms with E-state index in [2.05, 4.69) is 10.1 Å². The van der Waals surface area contributed by atoms with Crippen molar-refractivity contribution in [2.45, 2.75) is 38.3 Å². The highest BCUT2D eigenvalue weighted by Gasteiger charge is 2.31. The molecule has 1 aliphatic carbocycles. The summed E-state index contributed by atoms with van der Waals surface area (Å²) in [5.74, 6) is 0.568. The number of hydrogen-bond donors (Lipinski definition) is 0. The molecule has 1 saturated heterocycles. The van der Waals surface area contributed by atoms with E-state index in [1.807, 2.05) is 26.2 Å². The Kier molecular flexibility index (Phi) is 4.07. The second-order valence-electron chi connectivity index (χ2n) is 7.94. The first-order chi connectivity index (χ1) is 13.6. The molecule has 1 amide bonds. The smallest absolute Gasteiger partial charge is 0.330 e. The van der Waals surface area contributed by atoms with Gasteiger partial charge in [-0.3, -0.25) is 18.6 Å². The zero-order valence-corrected chi connectivity index (χ0v) is 16.0. The molecule has 5 rings (SSSR count). The molecule has 1 saturated carbocycles. The molecule has 4 heterocycles. The van der Waals surface area contributed by atoms with Crippen LogP contribution >= 0.6 is 0 Å². The maximum atomic E-state index is 13.3. The molecule has 0 radical (unpaired) electrons. The highest BCUT2D eigenvalue weighted by atomic mass is 16.2. The molecule has 1 atom stereocenters. The topological polar surface area (TPSA) is 78.0 Å². The maximum Gasteiger partial charge on any atom is 0.330 e. The van der Waals surface area contributed by atoms with E-state index < -0.39 is 0 Å². The van der Waals surface area contributed by atoms with Gasteiger partial charge in [-0.25, -0.2) is 9.78 Å². The molecule has 8 nitrogen and oxygen atoms in total. The van der Waals surface area contributed by atoms with Gasteiger partial charge in [0, 0.05) is 39.1 Å². The van der Waals surface area contributed by atoms with Crippen molar-refractivity contribution in [3.8, 4) is 0 Å². The third-order valence-corrected chi connectivity index (χ3v) is 5.95. The zero-order valence-electron chi connectivity index (χ0n) is 16.0. The van der Waals surface area contributed by atoms with Gasteiger partial charge in [0.1, 0.15) is 5.69 Å². The van der Waals surface area contributed by atoms with E-state index in [9.17, 15) is 9.59 Å². The molecular weight excluding hydrogens is 356 g/mol. The molecule has 1 aliphatic heterocycles.